The Kier molecular flexibility index (Phi) is 2.98. The van der Waals surface area contributed by atoms with Crippen LogP contribution < -0.4 is 5.32 Å². The van der Waals surface area contributed by atoms with Crippen LogP contribution in [0.1, 0.15) is 28.4 Å². The molecule has 4 nitrogen and oxygen atoms in total. The van der Waals surface area contributed by atoms with Crippen molar-refractivity contribution >= 4 is 23.0 Å². The highest BCUT2D eigenvalue weighted by molar-refractivity contribution is 6.53. The largest absolute Gasteiger partial charge is 0.336 e. The smallest absolute Gasteiger partial charge is 0.250 e. The minimum atomic E-state index is -0.492. The van der Waals surface area contributed by atoms with Crippen LogP contribution in [-0.2, 0) is 4.79 Å². The first-order chi connectivity index (χ1) is 11.2. The molecule has 0 aromatic heterocycles. The Bertz CT molecular complexity index is 895. The Morgan fingerprint density at radius 2 is 1.52 bits per heavy atom. The summed E-state index contributed by atoms with van der Waals surface area (Å²) in [6.45, 7) is 1.94. The first-order valence-electron chi connectivity index (χ1n) is 7.49. The zero-order chi connectivity index (χ0) is 16.0. The van der Waals surface area contributed by atoms with E-state index in [0.29, 0.717) is 17.1 Å². The van der Waals surface area contributed by atoms with Crippen molar-refractivity contribution in [3.05, 3.63) is 77.0 Å². The summed E-state index contributed by atoms with van der Waals surface area (Å²) in [5.74, 6) is -0.334. The first-order valence-corrected chi connectivity index (χ1v) is 7.49. The molecule has 2 aromatic rings. The van der Waals surface area contributed by atoms with Crippen LogP contribution in [0.25, 0.3) is 5.57 Å². The minimum Gasteiger partial charge on any atom is -0.336 e. The molecule has 1 heterocycles. The topological polar surface area (TPSA) is 58.5 Å². The highest BCUT2D eigenvalue weighted by Gasteiger charge is 2.37. The number of fused-ring (bicyclic) bond motifs is 2. The summed E-state index contributed by atoms with van der Waals surface area (Å²) in [4.78, 5) is 29.6. The van der Waals surface area contributed by atoms with Gasteiger partial charge < -0.3 is 5.32 Å². The van der Waals surface area contributed by atoms with Crippen molar-refractivity contribution in [3.63, 3.8) is 0 Å². The third-order valence-corrected chi connectivity index (χ3v) is 4.20. The first kappa shape index (κ1) is 13.6. The van der Waals surface area contributed by atoms with Gasteiger partial charge in [0.15, 0.2) is 0 Å². The highest BCUT2D eigenvalue weighted by Crippen LogP contribution is 2.34. The number of benzene rings is 2. The van der Waals surface area contributed by atoms with E-state index in [1.165, 1.54) is 0 Å². The number of carbonyl (C=O) groups excluding carboxylic acids is 2. The van der Waals surface area contributed by atoms with Crippen molar-refractivity contribution < 1.29 is 9.59 Å². The van der Waals surface area contributed by atoms with Crippen molar-refractivity contribution in [2.45, 2.75) is 13.0 Å². The predicted octanol–water partition coefficient (Wildman–Crippen LogP) is 2.60. The summed E-state index contributed by atoms with van der Waals surface area (Å²) < 4.78 is 0. The normalized spacial score (nSPS) is 19.7. The number of ketones is 2. The van der Waals surface area contributed by atoms with Crippen LogP contribution in [0.15, 0.2) is 65.3 Å². The molecule has 2 aliphatic rings. The van der Waals surface area contributed by atoms with Gasteiger partial charge >= 0.3 is 0 Å². The Labute approximate surface area is 133 Å². The Balaban J connectivity index is 1.86. The third kappa shape index (κ3) is 2.03. The summed E-state index contributed by atoms with van der Waals surface area (Å²) in [5.41, 5.74) is 3.30. The Hall–Kier alpha value is -3.01. The number of rotatable bonds is 1. The van der Waals surface area contributed by atoms with E-state index in [4.69, 9.17) is 0 Å². The molecule has 0 bridgehead atoms. The maximum absolute atomic E-state index is 12.5. The second kappa shape index (κ2) is 5.02. The van der Waals surface area contributed by atoms with E-state index in [1.807, 2.05) is 49.4 Å². The van der Waals surface area contributed by atoms with Gasteiger partial charge in [-0.3, -0.25) is 14.6 Å². The van der Waals surface area contributed by atoms with Gasteiger partial charge in [-0.1, -0.05) is 54.6 Å². The van der Waals surface area contributed by atoms with Crippen molar-refractivity contribution in [1.82, 2.24) is 5.32 Å². The molecular weight excluding hydrogens is 288 g/mol. The van der Waals surface area contributed by atoms with Crippen LogP contribution in [-0.4, -0.2) is 23.4 Å². The molecule has 1 aliphatic carbocycles. The Morgan fingerprint density at radius 3 is 2.26 bits per heavy atom. The molecule has 112 valence electrons. The number of amidine groups is 1. The molecule has 1 aliphatic heterocycles. The number of nitrogens with zero attached hydrogens (tertiary/aromatic N) is 1. The van der Waals surface area contributed by atoms with Gasteiger partial charge in [0.1, 0.15) is 5.84 Å². The van der Waals surface area contributed by atoms with Crippen molar-refractivity contribution in [1.29, 1.82) is 0 Å². The zero-order valence-corrected chi connectivity index (χ0v) is 12.5. The molecule has 4 heteroatoms. The molecule has 1 atom stereocenters. The maximum atomic E-state index is 12.5. The molecule has 0 fully saturated rings. The van der Waals surface area contributed by atoms with E-state index < -0.39 is 11.6 Å². The summed E-state index contributed by atoms with van der Waals surface area (Å²) in [6, 6.07) is 16.6. The standard InChI is InChI=1S/C19H14N2O2/c1-11-15-13-9-5-6-10-14(13)17(22)18(23)16(15)21-19(20-11)12-7-3-2-4-8-12/h2-11H,1H3,(H,20,21)/t11-/m0/s1. The van der Waals surface area contributed by atoms with Gasteiger partial charge in [-0.2, -0.15) is 0 Å². The molecule has 0 radical (unpaired) electrons. The monoisotopic (exact) mass is 302 g/mol. The summed E-state index contributed by atoms with van der Waals surface area (Å²) >= 11 is 0. The second-order valence-corrected chi connectivity index (χ2v) is 5.64. The number of carbonyl (C=O) groups is 2. The van der Waals surface area contributed by atoms with E-state index in [0.717, 1.165) is 16.7 Å². The van der Waals surface area contributed by atoms with E-state index in [9.17, 15) is 9.59 Å². The number of aliphatic imine (C=N–C) groups is 1. The minimum absolute atomic E-state index is 0.195. The molecule has 4 rings (SSSR count). The molecular formula is C19H14N2O2. The fourth-order valence-electron chi connectivity index (χ4n) is 3.12. The van der Waals surface area contributed by atoms with E-state index in [-0.39, 0.29) is 6.04 Å². The lowest BCUT2D eigenvalue weighted by atomic mass is 9.83. The van der Waals surface area contributed by atoms with Crippen molar-refractivity contribution in [3.8, 4) is 0 Å². The number of hydrogen-bond acceptors (Lipinski definition) is 4. The SMILES string of the molecule is C[C@@H]1N=C(c2ccccc2)NC2=C1c1ccccc1C(=O)C2=O. The number of allylic oxidation sites excluding steroid dienone is 1. The fraction of sp³-hybridized carbons (Fsp3) is 0.105. The zero-order valence-electron chi connectivity index (χ0n) is 12.5. The third-order valence-electron chi connectivity index (χ3n) is 4.20. The molecule has 0 amide bonds. The maximum Gasteiger partial charge on any atom is 0.250 e. The number of Topliss-reactive ketones (excluding diaryl/α,β-unsaturated/α-hetero) is 2. The molecule has 0 unspecified atom stereocenters. The van der Waals surface area contributed by atoms with Gasteiger partial charge in [-0.15, -0.1) is 0 Å². The Morgan fingerprint density at radius 1 is 0.870 bits per heavy atom. The molecule has 1 N–H and O–H groups in total. The summed E-state index contributed by atoms with van der Waals surface area (Å²) in [7, 11) is 0. The van der Waals surface area contributed by atoms with Gasteiger partial charge in [-0.05, 0) is 12.5 Å². The molecule has 0 saturated heterocycles. The number of nitrogens with one attached hydrogen (secondary N) is 1. The van der Waals surface area contributed by atoms with Gasteiger partial charge in [0.05, 0.1) is 11.7 Å². The van der Waals surface area contributed by atoms with Crippen LogP contribution in [0.4, 0.5) is 0 Å². The van der Waals surface area contributed by atoms with Gasteiger partial charge in [0.25, 0.3) is 0 Å². The second-order valence-electron chi connectivity index (χ2n) is 5.64. The van der Waals surface area contributed by atoms with Crippen LogP contribution in [0.2, 0.25) is 0 Å². The fourth-order valence-corrected chi connectivity index (χ4v) is 3.12. The highest BCUT2D eigenvalue weighted by atomic mass is 16.2. The van der Waals surface area contributed by atoms with Gasteiger partial charge in [-0.25, -0.2) is 0 Å². The lowest BCUT2D eigenvalue weighted by molar-refractivity contribution is -0.112. The van der Waals surface area contributed by atoms with Crippen molar-refractivity contribution in [2.75, 3.05) is 0 Å². The molecule has 0 spiro atoms. The lowest BCUT2D eigenvalue weighted by Crippen LogP contribution is -2.40. The van der Waals surface area contributed by atoms with E-state index in [2.05, 4.69) is 10.3 Å². The molecule has 2 aromatic carbocycles. The van der Waals surface area contributed by atoms with Crippen LogP contribution in [0.3, 0.4) is 0 Å². The van der Waals surface area contributed by atoms with Crippen LogP contribution >= 0.6 is 0 Å². The molecule has 0 saturated carbocycles. The number of hydrogen-bond donors (Lipinski definition) is 1. The van der Waals surface area contributed by atoms with E-state index in [1.54, 1.807) is 12.1 Å². The van der Waals surface area contributed by atoms with E-state index >= 15 is 0 Å². The average molecular weight is 302 g/mol. The molecule has 23 heavy (non-hydrogen) atoms. The quantitative estimate of drug-likeness (QED) is 0.824. The van der Waals surface area contributed by atoms with Crippen LogP contribution in [0.5, 0.6) is 0 Å². The average Bonchev–Trinajstić information content (AvgIpc) is 2.60. The van der Waals surface area contributed by atoms with Crippen LogP contribution in [0, 0.1) is 0 Å². The van der Waals surface area contributed by atoms with Crippen molar-refractivity contribution in [2.24, 2.45) is 4.99 Å². The summed E-state index contributed by atoms with van der Waals surface area (Å²) in [5, 5.41) is 3.08. The lowest BCUT2D eigenvalue weighted by Gasteiger charge is -2.29. The summed E-state index contributed by atoms with van der Waals surface area (Å²) in [6.07, 6.45) is 0. The van der Waals surface area contributed by atoms with Gasteiger partial charge in [0, 0.05) is 16.7 Å². The van der Waals surface area contributed by atoms with Gasteiger partial charge in [0.2, 0.25) is 11.6 Å². The predicted molar refractivity (Wildman–Crippen MR) is 88.3 cm³/mol.